The van der Waals surface area contributed by atoms with E-state index < -0.39 is 5.41 Å². The zero-order chi connectivity index (χ0) is 10.8. The molecule has 0 unspecified atom stereocenters. The van der Waals surface area contributed by atoms with E-state index in [9.17, 15) is 9.18 Å². The molecule has 1 atom stereocenters. The normalized spacial score (nSPS) is 30.2. The van der Waals surface area contributed by atoms with Gasteiger partial charge in [-0.2, -0.15) is 0 Å². The number of amides is 1. The van der Waals surface area contributed by atoms with Crippen molar-refractivity contribution in [1.29, 1.82) is 0 Å². The molecule has 0 saturated heterocycles. The first kappa shape index (κ1) is 8.89. The van der Waals surface area contributed by atoms with E-state index in [4.69, 9.17) is 0 Å². The van der Waals surface area contributed by atoms with Crippen LogP contribution in [0.15, 0.2) is 18.2 Å². The number of hydrogen-bond donors (Lipinski definition) is 1. The van der Waals surface area contributed by atoms with Crippen molar-refractivity contribution in [1.82, 2.24) is 0 Å². The summed E-state index contributed by atoms with van der Waals surface area (Å²) in [4.78, 5) is 11.9. The monoisotopic (exact) mass is 205 g/mol. The molecule has 3 rings (SSSR count). The van der Waals surface area contributed by atoms with Gasteiger partial charge in [0.1, 0.15) is 5.82 Å². The molecule has 0 radical (unpaired) electrons. The summed E-state index contributed by atoms with van der Waals surface area (Å²) in [6.45, 7) is 4.10. The molecule has 15 heavy (non-hydrogen) atoms. The molecular formula is C12H12FNO. The minimum atomic E-state index is -0.468. The largest absolute Gasteiger partial charge is 0.325 e. The van der Waals surface area contributed by atoms with E-state index in [-0.39, 0.29) is 17.1 Å². The molecule has 1 saturated carbocycles. The Bertz CT molecular complexity index is 481. The molecular weight excluding hydrogens is 193 g/mol. The Labute approximate surface area is 87.5 Å². The van der Waals surface area contributed by atoms with Crippen LogP contribution in [0.3, 0.4) is 0 Å². The van der Waals surface area contributed by atoms with Gasteiger partial charge in [0, 0.05) is 5.69 Å². The summed E-state index contributed by atoms with van der Waals surface area (Å²) in [6.07, 6.45) is 0.808. The average Bonchev–Trinajstić information content (AvgIpc) is 2.63. The Morgan fingerprint density at radius 2 is 2.07 bits per heavy atom. The van der Waals surface area contributed by atoms with Gasteiger partial charge in [-0.15, -0.1) is 0 Å². The van der Waals surface area contributed by atoms with Gasteiger partial charge in [-0.3, -0.25) is 4.79 Å². The number of nitrogens with one attached hydrogen (secondary N) is 1. The van der Waals surface area contributed by atoms with E-state index in [0.717, 1.165) is 17.7 Å². The first-order valence-electron chi connectivity index (χ1n) is 5.09. The molecule has 0 bridgehead atoms. The molecule has 1 spiro atoms. The highest BCUT2D eigenvalue weighted by Crippen LogP contribution is 2.68. The van der Waals surface area contributed by atoms with E-state index in [0.29, 0.717) is 0 Å². The van der Waals surface area contributed by atoms with Gasteiger partial charge >= 0.3 is 0 Å². The number of anilines is 1. The van der Waals surface area contributed by atoms with Gasteiger partial charge in [-0.25, -0.2) is 4.39 Å². The zero-order valence-corrected chi connectivity index (χ0v) is 8.73. The van der Waals surface area contributed by atoms with E-state index in [1.807, 2.05) is 13.8 Å². The molecule has 1 aromatic rings. The van der Waals surface area contributed by atoms with Crippen molar-refractivity contribution < 1.29 is 9.18 Å². The van der Waals surface area contributed by atoms with Crippen LogP contribution in [-0.4, -0.2) is 5.91 Å². The number of hydrogen-bond acceptors (Lipinski definition) is 1. The second kappa shape index (κ2) is 2.23. The van der Waals surface area contributed by atoms with Crippen molar-refractivity contribution in [3.63, 3.8) is 0 Å². The molecule has 1 aliphatic heterocycles. The van der Waals surface area contributed by atoms with Gasteiger partial charge in [0.25, 0.3) is 0 Å². The van der Waals surface area contributed by atoms with Crippen LogP contribution in [0, 0.1) is 11.2 Å². The maximum Gasteiger partial charge on any atom is 0.235 e. The lowest BCUT2D eigenvalue weighted by Crippen LogP contribution is -2.24. The molecule has 0 aromatic heterocycles. The number of carbonyl (C=O) groups excluding carboxylic acids is 1. The summed E-state index contributed by atoms with van der Waals surface area (Å²) in [5, 5.41) is 2.83. The second-order valence-corrected chi connectivity index (χ2v) is 5.11. The predicted molar refractivity (Wildman–Crippen MR) is 55.1 cm³/mol. The molecule has 1 amide bonds. The van der Waals surface area contributed by atoms with Gasteiger partial charge in [-0.1, -0.05) is 13.8 Å². The van der Waals surface area contributed by atoms with Crippen molar-refractivity contribution in [2.75, 3.05) is 5.32 Å². The minimum Gasteiger partial charge on any atom is -0.325 e. The Morgan fingerprint density at radius 3 is 2.67 bits per heavy atom. The summed E-state index contributed by atoms with van der Waals surface area (Å²) in [5.74, 6) is -0.250. The van der Waals surface area contributed by atoms with Gasteiger partial charge in [0.2, 0.25) is 5.91 Å². The van der Waals surface area contributed by atoms with Crippen LogP contribution in [0.25, 0.3) is 0 Å². The quantitative estimate of drug-likeness (QED) is 0.692. The standard InChI is InChI=1S/C12H12FNO/c1-11(2)6-12(11)8-5-7(13)3-4-9(8)14-10(12)15/h3-5H,6H2,1-2H3,(H,14,15)/t12-/m0/s1. The summed E-state index contributed by atoms with van der Waals surface area (Å²) in [5.41, 5.74) is 1.09. The van der Waals surface area contributed by atoms with Crippen LogP contribution >= 0.6 is 0 Å². The fraction of sp³-hybridized carbons (Fsp3) is 0.417. The smallest absolute Gasteiger partial charge is 0.235 e. The highest BCUT2D eigenvalue weighted by Gasteiger charge is 2.70. The summed E-state index contributed by atoms with van der Waals surface area (Å²) in [7, 11) is 0. The van der Waals surface area contributed by atoms with Crippen LogP contribution in [0.5, 0.6) is 0 Å². The van der Waals surface area contributed by atoms with Crippen molar-refractivity contribution in [3.05, 3.63) is 29.6 Å². The Hall–Kier alpha value is -1.38. The molecule has 3 heteroatoms. The predicted octanol–water partition coefficient (Wildman–Crippen LogP) is 2.45. The molecule has 2 nitrogen and oxygen atoms in total. The molecule has 1 N–H and O–H groups in total. The van der Waals surface area contributed by atoms with Crippen LogP contribution < -0.4 is 5.32 Å². The van der Waals surface area contributed by atoms with E-state index in [1.165, 1.54) is 12.1 Å². The van der Waals surface area contributed by atoms with Gasteiger partial charge in [-0.05, 0) is 35.6 Å². The molecule has 78 valence electrons. The summed E-state index contributed by atoms with van der Waals surface area (Å²) < 4.78 is 13.2. The highest BCUT2D eigenvalue weighted by molar-refractivity contribution is 6.09. The van der Waals surface area contributed by atoms with Crippen molar-refractivity contribution in [2.24, 2.45) is 5.41 Å². The molecule has 1 aromatic carbocycles. The molecule has 1 fully saturated rings. The molecule has 1 heterocycles. The number of carbonyl (C=O) groups is 1. The van der Waals surface area contributed by atoms with E-state index in [2.05, 4.69) is 5.32 Å². The second-order valence-electron chi connectivity index (χ2n) is 5.11. The number of fused-ring (bicyclic) bond motifs is 2. The lowest BCUT2D eigenvalue weighted by Gasteiger charge is -2.11. The first-order chi connectivity index (χ1) is 6.97. The zero-order valence-electron chi connectivity index (χ0n) is 8.73. The summed E-state index contributed by atoms with van der Waals surface area (Å²) in [6, 6.07) is 4.52. The van der Waals surface area contributed by atoms with Crippen LogP contribution in [-0.2, 0) is 10.2 Å². The first-order valence-corrected chi connectivity index (χ1v) is 5.09. The third-order valence-electron chi connectivity index (χ3n) is 3.81. The molecule has 2 aliphatic rings. The average molecular weight is 205 g/mol. The van der Waals surface area contributed by atoms with Crippen LogP contribution in [0.1, 0.15) is 25.8 Å². The fourth-order valence-electron chi connectivity index (χ4n) is 2.80. The topological polar surface area (TPSA) is 29.1 Å². The van der Waals surface area contributed by atoms with Crippen molar-refractivity contribution >= 4 is 11.6 Å². The van der Waals surface area contributed by atoms with Crippen molar-refractivity contribution in [2.45, 2.75) is 25.7 Å². The molecule has 1 aliphatic carbocycles. The number of benzene rings is 1. The van der Waals surface area contributed by atoms with Gasteiger partial charge in [0.15, 0.2) is 0 Å². The number of halogens is 1. The maximum atomic E-state index is 13.2. The van der Waals surface area contributed by atoms with Crippen molar-refractivity contribution in [3.8, 4) is 0 Å². The highest BCUT2D eigenvalue weighted by atomic mass is 19.1. The van der Waals surface area contributed by atoms with E-state index in [1.54, 1.807) is 6.07 Å². The third-order valence-corrected chi connectivity index (χ3v) is 3.81. The Balaban J connectivity index is 2.23. The summed E-state index contributed by atoms with van der Waals surface area (Å²) >= 11 is 0. The third kappa shape index (κ3) is 0.863. The van der Waals surface area contributed by atoms with Gasteiger partial charge in [0.05, 0.1) is 5.41 Å². The minimum absolute atomic E-state index is 0.0214. The van der Waals surface area contributed by atoms with Crippen LogP contribution in [0.2, 0.25) is 0 Å². The lowest BCUT2D eigenvalue weighted by molar-refractivity contribution is -0.118. The van der Waals surface area contributed by atoms with Gasteiger partial charge < -0.3 is 5.32 Å². The fourth-order valence-corrected chi connectivity index (χ4v) is 2.80. The lowest BCUT2D eigenvalue weighted by atomic mass is 9.89. The maximum absolute atomic E-state index is 13.2. The SMILES string of the molecule is CC1(C)C[C@]12C(=O)Nc1ccc(F)cc12. The Morgan fingerprint density at radius 1 is 1.40 bits per heavy atom. The Kier molecular flexibility index (Phi) is 1.32. The van der Waals surface area contributed by atoms with Crippen LogP contribution in [0.4, 0.5) is 10.1 Å². The number of rotatable bonds is 0. The van der Waals surface area contributed by atoms with E-state index >= 15 is 0 Å².